The van der Waals surface area contributed by atoms with Crippen molar-refractivity contribution in [1.29, 1.82) is 0 Å². The molecule has 0 aliphatic heterocycles. The summed E-state index contributed by atoms with van der Waals surface area (Å²) in [7, 11) is 1.29. The van der Waals surface area contributed by atoms with Crippen molar-refractivity contribution in [1.82, 2.24) is 5.32 Å². The van der Waals surface area contributed by atoms with Crippen LogP contribution in [0, 0.1) is 30.9 Å². The SMILES string of the molecule is COc1ccc([N+](=O)[O-])cc1C(=O)OCC(=O)NCC(=O)Nc1c(C)cc(C)cc1C. The van der Waals surface area contributed by atoms with E-state index >= 15 is 0 Å². The largest absolute Gasteiger partial charge is 0.496 e. The van der Waals surface area contributed by atoms with Gasteiger partial charge >= 0.3 is 5.97 Å². The van der Waals surface area contributed by atoms with Crippen LogP contribution in [0.25, 0.3) is 0 Å². The molecule has 0 fully saturated rings. The maximum absolute atomic E-state index is 12.2. The molecule has 0 aromatic heterocycles. The molecule has 0 bridgehead atoms. The van der Waals surface area contributed by atoms with Crippen molar-refractivity contribution >= 4 is 29.2 Å². The van der Waals surface area contributed by atoms with Crippen LogP contribution in [0.4, 0.5) is 11.4 Å². The maximum Gasteiger partial charge on any atom is 0.342 e. The number of nitrogens with one attached hydrogen (secondary N) is 2. The van der Waals surface area contributed by atoms with Gasteiger partial charge in [0, 0.05) is 17.8 Å². The molecule has 2 aromatic carbocycles. The highest BCUT2D eigenvalue weighted by Gasteiger charge is 2.20. The number of nitro benzene ring substituents is 1. The van der Waals surface area contributed by atoms with Crippen LogP contribution in [-0.2, 0) is 14.3 Å². The van der Waals surface area contributed by atoms with Gasteiger partial charge < -0.3 is 20.1 Å². The molecule has 0 atom stereocenters. The molecule has 0 aliphatic carbocycles. The summed E-state index contributed by atoms with van der Waals surface area (Å²) >= 11 is 0. The third-order valence-electron chi connectivity index (χ3n) is 4.34. The number of carbonyl (C=O) groups is 3. The third kappa shape index (κ3) is 6.26. The molecule has 0 spiro atoms. The molecule has 0 heterocycles. The Morgan fingerprint density at radius 2 is 1.68 bits per heavy atom. The molecule has 2 N–H and O–H groups in total. The Kier molecular flexibility index (Phi) is 7.67. The number of ether oxygens (including phenoxy) is 2. The van der Waals surface area contributed by atoms with Gasteiger partial charge in [0.15, 0.2) is 6.61 Å². The molecule has 0 saturated carbocycles. The molecule has 2 aromatic rings. The number of aryl methyl sites for hydroxylation is 3. The minimum atomic E-state index is -0.967. The molecular formula is C21H23N3O7. The van der Waals surface area contributed by atoms with Crippen molar-refractivity contribution in [2.45, 2.75) is 20.8 Å². The molecule has 10 nitrogen and oxygen atoms in total. The average molecular weight is 429 g/mol. The second-order valence-electron chi connectivity index (χ2n) is 6.82. The quantitative estimate of drug-likeness (QED) is 0.373. The van der Waals surface area contributed by atoms with Crippen molar-refractivity contribution in [3.63, 3.8) is 0 Å². The molecule has 31 heavy (non-hydrogen) atoms. The van der Waals surface area contributed by atoms with E-state index in [-0.39, 0.29) is 23.5 Å². The minimum absolute atomic E-state index is 0.0687. The van der Waals surface area contributed by atoms with E-state index in [1.807, 2.05) is 32.9 Å². The Balaban J connectivity index is 1.90. The van der Waals surface area contributed by atoms with E-state index in [1.165, 1.54) is 19.2 Å². The summed E-state index contributed by atoms with van der Waals surface area (Å²) in [6, 6.07) is 7.30. The van der Waals surface area contributed by atoms with Gasteiger partial charge in [-0.3, -0.25) is 19.7 Å². The molecule has 0 radical (unpaired) electrons. The zero-order chi connectivity index (χ0) is 23.1. The Morgan fingerprint density at radius 1 is 1.03 bits per heavy atom. The van der Waals surface area contributed by atoms with Gasteiger partial charge in [-0.15, -0.1) is 0 Å². The number of amides is 2. The molecule has 0 aliphatic rings. The summed E-state index contributed by atoms with van der Waals surface area (Å²) < 4.78 is 9.88. The summed E-state index contributed by atoms with van der Waals surface area (Å²) in [5, 5.41) is 16.0. The first-order valence-corrected chi connectivity index (χ1v) is 9.26. The second-order valence-corrected chi connectivity index (χ2v) is 6.82. The van der Waals surface area contributed by atoms with E-state index in [0.29, 0.717) is 5.69 Å². The fourth-order valence-corrected chi connectivity index (χ4v) is 2.97. The predicted octanol–water partition coefficient (Wildman–Crippen LogP) is 2.44. The first-order valence-electron chi connectivity index (χ1n) is 9.26. The first kappa shape index (κ1) is 23.3. The number of rotatable bonds is 8. The fourth-order valence-electron chi connectivity index (χ4n) is 2.97. The van der Waals surface area contributed by atoms with E-state index in [4.69, 9.17) is 9.47 Å². The molecular weight excluding hydrogens is 406 g/mol. The summed E-state index contributed by atoms with van der Waals surface area (Å²) in [5.74, 6) is -2.04. The lowest BCUT2D eigenvalue weighted by molar-refractivity contribution is -0.384. The van der Waals surface area contributed by atoms with E-state index in [2.05, 4.69) is 10.6 Å². The van der Waals surface area contributed by atoms with Crippen molar-refractivity contribution in [3.8, 4) is 5.75 Å². The summed E-state index contributed by atoms with van der Waals surface area (Å²) in [6.45, 7) is 4.71. The van der Waals surface area contributed by atoms with Gasteiger partial charge in [-0.05, 0) is 38.0 Å². The topological polar surface area (TPSA) is 137 Å². The van der Waals surface area contributed by atoms with Crippen molar-refractivity contribution in [3.05, 3.63) is 62.7 Å². The smallest absolute Gasteiger partial charge is 0.342 e. The average Bonchev–Trinajstić information content (AvgIpc) is 2.72. The minimum Gasteiger partial charge on any atom is -0.496 e. The molecule has 0 saturated heterocycles. The molecule has 164 valence electrons. The Bertz CT molecular complexity index is 1010. The summed E-state index contributed by atoms with van der Waals surface area (Å²) in [5.41, 5.74) is 3.04. The standard InChI is InChI=1S/C21H23N3O7/c1-12-7-13(2)20(14(3)8-12)23-18(25)10-22-19(26)11-31-21(27)16-9-15(24(28)29)5-6-17(16)30-4/h5-9H,10-11H2,1-4H3,(H,22,26)(H,23,25). The Labute approximate surface area is 178 Å². The van der Waals surface area contributed by atoms with Crippen LogP contribution in [0.5, 0.6) is 5.75 Å². The molecule has 10 heteroatoms. The maximum atomic E-state index is 12.2. The predicted molar refractivity (Wildman–Crippen MR) is 112 cm³/mol. The zero-order valence-electron chi connectivity index (χ0n) is 17.6. The monoisotopic (exact) mass is 429 g/mol. The normalized spacial score (nSPS) is 10.2. The van der Waals surface area contributed by atoms with Crippen LogP contribution in [0.3, 0.4) is 0 Å². The second kappa shape index (κ2) is 10.2. The lowest BCUT2D eigenvalue weighted by atomic mass is 10.1. The third-order valence-corrected chi connectivity index (χ3v) is 4.34. The van der Waals surface area contributed by atoms with E-state index < -0.39 is 29.3 Å². The van der Waals surface area contributed by atoms with Crippen LogP contribution in [0.2, 0.25) is 0 Å². The number of methoxy groups -OCH3 is 1. The van der Waals surface area contributed by atoms with E-state index in [1.54, 1.807) is 0 Å². The number of non-ortho nitro benzene ring substituents is 1. The highest BCUT2D eigenvalue weighted by molar-refractivity contribution is 5.97. The highest BCUT2D eigenvalue weighted by atomic mass is 16.6. The van der Waals surface area contributed by atoms with Crippen LogP contribution in [0.1, 0.15) is 27.0 Å². The summed E-state index contributed by atoms with van der Waals surface area (Å²) in [6.07, 6.45) is 0. The number of nitrogens with zero attached hydrogens (tertiary/aromatic N) is 1. The number of benzene rings is 2. The van der Waals surface area contributed by atoms with Crippen molar-refractivity contribution < 1.29 is 28.8 Å². The van der Waals surface area contributed by atoms with Gasteiger partial charge in [0.25, 0.3) is 11.6 Å². The van der Waals surface area contributed by atoms with E-state index in [9.17, 15) is 24.5 Å². The van der Waals surface area contributed by atoms with Crippen molar-refractivity contribution in [2.75, 3.05) is 25.6 Å². The number of esters is 1. The lowest BCUT2D eigenvalue weighted by Crippen LogP contribution is -2.35. The van der Waals surface area contributed by atoms with Crippen molar-refractivity contribution in [2.24, 2.45) is 0 Å². The summed E-state index contributed by atoms with van der Waals surface area (Å²) in [4.78, 5) is 46.5. The highest BCUT2D eigenvalue weighted by Crippen LogP contribution is 2.24. The van der Waals surface area contributed by atoms with E-state index in [0.717, 1.165) is 22.8 Å². The van der Waals surface area contributed by atoms with Gasteiger partial charge in [-0.2, -0.15) is 0 Å². The van der Waals surface area contributed by atoms with Crippen LogP contribution in [-0.4, -0.2) is 43.0 Å². The fraction of sp³-hybridized carbons (Fsp3) is 0.286. The molecule has 0 unspecified atom stereocenters. The van der Waals surface area contributed by atoms with Crippen LogP contribution < -0.4 is 15.4 Å². The first-order chi connectivity index (χ1) is 14.6. The van der Waals surface area contributed by atoms with Gasteiger partial charge in [0.05, 0.1) is 18.6 Å². The zero-order valence-corrected chi connectivity index (χ0v) is 17.6. The number of carbonyl (C=O) groups excluding carboxylic acids is 3. The van der Waals surface area contributed by atoms with Crippen LogP contribution >= 0.6 is 0 Å². The Hall–Kier alpha value is -3.95. The Morgan fingerprint density at radius 3 is 2.26 bits per heavy atom. The number of nitro groups is 1. The van der Waals surface area contributed by atoms with Gasteiger partial charge in [-0.25, -0.2) is 4.79 Å². The van der Waals surface area contributed by atoms with Gasteiger partial charge in [0.2, 0.25) is 5.91 Å². The molecule has 2 amide bonds. The lowest BCUT2D eigenvalue weighted by Gasteiger charge is -2.13. The van der Waals surface area contributed by atoms with Gasteiger partial charge in [-0.1, -0.05) is 17.7 Å². The van der Waals surface area contributed by atoms with Gasteiger partial charge in [0.1, 0.15) is 11.3 Å². The number of hydrogen-bond donors (Lipinski definition) is 2. The number of hydrogen-bond acceptors (Lipinski definition) is 7. The van der Waals surface area contributed by atoms with Crippen LogP contribution in [0.15, 0.2) is 30.3 Å². The molecule has 2 rings (SSSR count). The number of anilines is 1.